The molecule has 0 aromatic heterocycles. The number of nitrogens with zero attached hydrogens (tertiary/aromatic N) is 1. The summed E-state index contributed by atoms with van der Waals surface area (Å²) < 4.78 is 30.1. The molecule has 0 atom stereocenters. The van der Waals surface area contributed by atoms with Gasteiger partial charge in [-0.25, -0.2) is 12.7 Å². The molecule has 0 unspecified atom stereocenters. The van der Waals surface area contributed by atoms with Crippen LogP contribution in [0.2, 0.25) is 0 Å². The third-order valence-corrected chi connectivity index (χ3v) is 3.98. The lowest BCUT2D eigenvalue weighted by molar-refractivity contribution is -0.105. The molecule has 0 saturated carbocycles. The van der Waals surface area contributed by atoms with E-state index in [9.17, 15) is 13.2 Å². The standard InChI is InChI=1S/C10H14N2O4S/c1-12(2)17(14,15)10-6-8(11-7-13)4-5-9(10)16-3/h4-7H,1-3H3,(H,11,13). The van der Waals surface area contributed by atoms with Crippen LogP contribution in [0.15, 0.2) is 23.1 Å². The van der Waals surface area contributed by atoms with Gasteiger partial charge in [-0.05, 0) is 18.2 Å². The molecule has 0 saturated heterocycles. The van der Waals surface area contributed by atoms with Crippen LogP contribution in [0, 0.1) is 0 Å². The lowest BCUT2D eigenvalue weighted by atomic mass is 10.3. The van der Waals surface area contributed by atoms with Gasteiger partial charge in [0, 0.05) is 19.8 Å². The summed E-state index contributed by atoms with van der Waals surface area (Å²) in [6.45, 7) is 0. The Bertz CT molecular complexity index is 511. The average molecular weight is 258 g/mol. The Kier molecular flexibility index (Phi) is 4.08. The molecule has 0 aliphatic carbocycles. The Labute approximate surface area is 100 Å². The molecule has 1 rings (SSSR count). The first-order valence-corrected chi connectivity index (χ1v) is 6.18. The van der Waals surface area contributed by atoms with Crippen molar-refractivity contribution >= 4 is 22.1 Å². The second kappa shape index (κ2) is 5.15. The number of carbonyl (C=O) groups excluding carboxylic acids is 1. The highest BCUT2D eigenvalue weighted by atomic mass is 32.2. The number of benzene rings is 1. The van der Waals surface area contributed by atoms with Crippen LogP contribution >= 0.6 is 0 Å². The summed E-state index contributed by atoms with van der Waals surface area (Å²) >= 11 is 0. The number of ether oxygens (including phenoxy) is 1. The maximum absolute atomic E-state index is 12.0. The first-order valence-electron chi connectivity index (χ1n) is 4.74. The van der Waals surface area contributed by atoms with Gasteiger partial charge in [-0.2, -0.15) is 0 Å². The first-order chi connectivity index (χ1) is 7.93. The lowest BCUT2D eigenvalue weighted by Gasteiger charge is -2.15. The number of hydrogen-bond donors (Lipinski definition) is 1. The molecule has 1 aromatic rings. The zero-order chi connectivity index (χ0) is 13.1. The fourth-order valence-electron chi connectivity index (χ4n) is 1.23. The molecule has 0 heterocycles. The van der Waals surface area contributed by atoms with Crippen molar-refractivity contribution in [2.45, 2.75) is 4.90 Å². The van der Waals surface area contributed by atoms with Crippen molar-refractivity contribution in [2.75, 3.05) is 26.5 Å². The molecular weight excluding hydrogens is 244 g/mol. The maximum Gasteiger partial charge on any atom is 0.246 e. The van der Waals surface area contributed by atoms with Gasteiger partial charge in [-0.1, -0.05) is 0 Å². The van der Waals surface area contributed by atoms with Gasteiger partial charge < -0.3 is 10.1 Å². The molecular formula is C10H14N2O4S. The van der Waals surface area contributed by atoms with E-state index in [0.717, 1.165) is 4.31 Å². The van der Waals surface area contributed by atoms with E-state index < -0.39 is 10.0 Å². The molecule has 17 heavy (non-hydrogen) atoms. The van der Waals surface area contributed by atoms with Crippen LogP contribution in [0.5, 0.6) is 5.75 Å². The number of carbonyl (C=O) groups is 1. The molecule has 1 aromatic carbocycles. The number of rotatable bonds is 5. The van der Waals surface area contributed by atoms with Gasteiger partial charge in [0.2, 0.25) is 16.4 Å². The highest BCUT2D eigenvalue weighted by Crippen LogP contribution is 2.28. The zero-order valence-corrected chi connectivity index (χ0v) is 10.6. The quantitative estimate of drug-likeness (QED) is 0.781. The monoisotopic (exact) mass is 258 g/mol. The molecule has 0 spiro atoms. The third kappa shape index (κ3) is 2.75. The Morgan fingerprint density at radius 2 is 2.00 bits per heavy atom. The number of amides is 1. The van der Waals surface area contributed by atoms with Crippen molar-refractivity contribution < 1.29 is 17.9 Å². The minimum atomic E-state index is -3.61. The summed E-state index contributed by atoms with van der Waals surface area (Å²) in [4.78, 5) is 10.3. The molecule has 94 valence electrons. The van der Waals surface area contributed by atoms with Crippen molar-refractivity contribution in [3.05, 3.63) is 18.2 Å². The molecule has 0 fully saturated rings. The van der Waals surface area contributed by atoms with E-state index in [-0.39, 0.29) is 10.6 Å². The van der Waals surface area contributed by atoms with E-state index in [1.165, 1.54) is 33.3 Å². The minimum Gasteiger partial charge on any atom is -0.495 e. The van der Waals surface area contributed by atoms with Crippen molar-refractivity contribution in [2.24, 2.45) is 0 Å². The summed E-state index contributed by atoms with van der Waals surface area (Å²) in [7, 11) is 0.628. The maximum atomic E-state index is 12.0. The normalized spacial score (nSPS) is 11.3. The van der Waals surface area contributed by atoms with E-state index in [1.54, 1.807) is 6.07 Å². The Morgan fingerprint density at radius 1 is 1.35 bits per heavy atom. The van der Waals surface area contributed by atoms with E-state index in [4.69, 9.17) is 4.74 Å². The predicted molar refractivity (Wildman–Crippen MR) is 63.6 cm³/mol. The number of anilines is 1. The van der Waals surface area contributed by atoms with Gasteiger partial charge in [-0.15, -0.1) is 0 Å². The van der Waals surface area contributed by atoms with E-state index in [1.807, 2.05) is 0 Å². The van der Waals surface area contributed by atoms with Crippen LogP contribution in [0.4, 0.5) is 5.69 Å². The van der Waals surface area contributed by atoms with Gasteiger partial charge in [0.25, 0.3) is 0 Å². The van der Waals surface area contributed by atoms with Crippen molar-refractivity contribution in [3.8, 4) is 5.75 Å². The summed E-state index contributed by atoms with van der Waals surface area (Å²) in [5, 5.41) is 2.39. The summed E-state index contributed by atoms with van der Waals surface area (Å²) in [6.07, 6.45) is 0.480. The Morgan fingerprint density at radius 3 is 2.47 bits per heavy atom. The lowest BCUT2D eigenvalue weighted by Crippen LogP contribution is -2.22. The summed E-state index contributed by atoms with van der Waals surface area (Å²) in [5.74, 6) is 0.232. The van der Waals surface area contributed by atoms with Crippen molar-refractivity contribution in [1.29, 1.82) is 0 Å². The second-order valence-electron chi connectivity index (χ2n) is 3.42. The molecule has 6 nitrogen and oxygen atoms in total. The van der Waals surface area contributed by atoms with E-state index in [2.05, 4.69) is 5.32 Å². The molecule has 0 radical (unpaired) electrons. The molecule has 0 aliphatic heterocycles. The van der Waals surface area contributed by atoms with Gasteiger partial charge in [0.1, 0.15) is 10.6 Å². The van der Waals surface area contributed by atoms with Crippen LogP contribution in [0.25, 0.3) is 0 Å². The number of hydrogen-bond acceptors (Lipinski definition) is 4. The topological polar surface area (TPSA) is 75.7 Å². The van der Waals surface area contributed by atoms with Crippen molar-refractivity contribution in [3.63, 3.8) is 0 Å². The highest BCUT2D eigenvalue weighted by Gasteiger charge is 2.22. The van der Waals surface area contributed by atoms with E-state index in [0.29, 0.717) is 12.1 Å². The molecule has 7 heteroatoms. The number of sulfonamides is 1. The smallest absolute Gasteiger partial charge is 0.246 e. The van der Waals surface area contributed by atoms with Crippen LogP contribution in [0.1, 0.15) is 0 Å². The third-order valence-electron chi connectivity index (χ3n) is 2.15. The van der Waals surface area contributed by atoms with Gasteiger partial charge in [0.05, 0.1) is 7.11 Å². The summed E-state index contributed by atoms with van der Waals surface area (Å²) in [5.41, 5.74) is 0.390. The molecule has 1 amide bonds. The first kappa shape index (κ1) is 13.5. The highest BCUT2D eigenvalue weighted by molar-refractivity contribution is 7.89. The number of nitrogens with one attached hydrogen (secondary N) is 1. The van der Waals surface area contributed by atoms with Crippen LogP contribution in [-0.4, -0.2) is 40.3 Å². The van der Waals surface area contributed by atoms with Crippen molar-refractivity contribution in [1.82, 2.24) is 4.31 Å². The second-order valence-corrected chi connectivity index (χ2v) is 5.54. The van der Waals surface area contributed by atoms with Crippen LogP contribution in [-0.2, 0) is 14.8 Å². The summed E-state index contributed by atoms with van der Waals surface area (Å²) in [6, 6.07) is 4.40. The zero-order valence-electron chi connectivity index (χ0n) is 9.80. The van der Waals surface area contributed by atoms with Crippen LogP contribution < -0.4 is 10.1 Å². The van der Waals surface area contributed by atoms with Crippen LogP contribution in [0.3, 0.4) is 0 Å². The van der Waals surface area contributed by atoms with Gasteiger partial charge >= 0.3 is 0 Å². The largest absolute Gasteiger partial charge is 0.495 e. The molecule has 0 bridgehead atoms. The molecule has 0 aliphatic rings. The fraction of sp³-hybridized carbons (Fsp3) is 0.300. The van der Waals surface area contributed by atoms with E-state index >= 15 is 0 Å². The fourth-order valence-corrected chi connectivity index (χ4v) is 2.31. The molecule has 1 N–H and O–H groups in total. The average Bonchev–Trinajstić information content (AvgIpc) is 2.29. The van der Waals surface area contributed by atoms with Gasteiger partial charge in [0.15, 0.2) is 0 Å². The minimum absolute atomic E-state index is 0.0110. The predicted octanol–water partition coefficient (Wildman–Crippen LogP) is 0.514. The Hall–Kier alpha value is -1.60. The van der Waals surface area contributed by atoms with Gasteiger partial charge in [-0.3, -0.25) is 4.79 Å². The number of methoxy groups -OCH3 is 1. The Balaban J connectivity index is 3.38. The SMILES string of the molecule is COc1ccc(NC=O)cc1S(=O)(=O)N(C)C.